The third-order valence-electron chi connectivity index (χ3n) is 9.04. The van der Waals surface area contributed by atoms with Gasteiger partial charge >= 0.3 is 0 Å². The smallest absolute Gasteiger partial charge is 0.163 e. The molecule has 238 valence electrons. The maximum atomic E-state index is 5.02. The summed E-state index contributed by atoms with van der Waals surface area (Å²) in [7, 11) is 0. The molecule has 7 aromatic carbocycles. The van der Waals surface area contributed by atoms with Gasteiger partial charge in [-0.1, -0.05) is 151 Å². The first kappa shape index (κ1) is 30.9. The minimum absolute atomic E-state index is 0.651. The zero-order valence-corrected chi connectivity index (χ0v) is 28.1. The van der Waals surface area contributed by atoms with Gasteiger partial charge in [0, 0.05) is 11.1 Å². The molecule has 1 aromatic heterocycles. The lowest BCUT2D eigenvalue weighted by atomic mass is 9.88. The van der Waals surface area contributed by atoms with E-state index in [9.17, 15) is 0 Å². The third-order valence-corrected chi connectivity index (χ3v) is 9.04. The molecule has 8 rings (SSSR count). The van der Waals surface area contributed by atoms with Crippen molar-refractivity contribution in [3.8, 4) is 78.4 Å². The molecule has 0 aliphatic carbocycles. The molecule has 0 fully saturated rings. The number of aromatic nitrogens is 3. The van der Waals surface area contributed by atoms with Gasteiger partial charge in [0.05, 0.1) is 0 Å². The van der Waals surface area contributed by atoms with E-state index < -0.39 is 0 Å². The molecular weight excluding hydrogens is 607 g/mol. The summed E-state index contributed by atoms with van der Waals surface area (Å²) >= 11 is 0. The molecule has 3 heteroatoms. The van der Waals surface area contributed by atoms with Gasteiger partial charge in [-0.05, 0) is 99.8 Å². The van der Waals surface area contributed by atoms with Crippen molar-refractivity contribution < 1.29 is 0 Å². The van der Waals surface area contributed by atoms with Gasteiger partial charge in [0.2, 0.25) is 0 Å². The summed E-state index contributed by atoms with van der Waals surface area (Å²) in [6.45, 7) is 4.08. The lowest BCUT2D eigenvalue weighted by Crippen LogP contribution is -2.00. The predicted molar refractivity (Wildman–Crippen MR) is 207 cm³/mol. The molecule has 0 atom stereocenters. The average molecular weight is 642 g/mol. The molecule has 1 heterocycles. The number of aryl methyl sites for hydroxylation is 2. The van der Waals surface area contributed by atoms with Crippen LogP contribution in [0.25, 0.3) is 78.4 Å². The monoisotopic (exact) mass is 641 g/mol. The summed E-state index contributed by atoms with van der Waals surface area (Å²) in [5, 5.41) is 0. The van der Waals surface area contributed by atoms with E-state index in [1.54, 1.807) is 0 Å². The Balaban J connectivity index is 1.36. The quantitative estimate of drug-likeness (QED) is 0.174. The van der Waals surface area contributed by atoms with Gasteiger partial charge in [0.25, 0.3) is 0 Å². The first-order valence-corrected chi connectivity index (χ1v) is 16.9. The molecule has 3 nitrogen and oxygen atoms in total. The molecular formula is C47H35N3. The van der Waals surface area contributed by atoms with Gasteiger partial charge in [0.15, 0.2) is 11.6 Å². The Bertz CT molecular complexity index is 2430. The number of rotatable bonds is 7. The SMILES string of the molecule is Cc1cccc(-c2ccc(-c3cccc(-c4ccccc4)c3)c(-c3cc(-c4ccccc4)cc(-c4nc(C)nc(-c5ccccc5)n4)c3)c2)c1. The van der Waals surface area contributed by atoms with Crippen molar-refractivity contribution in [2.75, 3.05) is 0 Å². The molecule has 0 saturated heterocycles. The molecule has 0 aliphatic rings. The van der Waals surface area contributed by atoms with Gasteiger partial charge in [0.1, 0.15) is 5.82 Å². The largest absolute Gasteiger partial charge is 0.213 e. The highest BCUT2D eigenvalue weighted by atomic mass is 15.0. The van der Waals surface area contributed by atoms with Crippen LogP contribution in [-0.4, -0.2) is 15.0 Å². The Labute approximate surface area is 293 Å². The van der Waals surface area contributed by atoms with Crippen LogP contribution in [0, 0.1) is 13.8 Å². The van der Waals surface area contributed by atoms with Crippen molar-refractivity contribution in [2.45, 2.75) is 13.8 Å². The van der Waals surface area contributed by atoms with Gasteiger partial charge in [-0.3, -0.25) is 0 Å². The second-order valence-corrected chi connectivity index (χ2v) is 12.6. The van der Waals surface area contributed by atoms with Crippen molar-refractivity contribution >= 4 is 0 Å². The van der Waals surface area contributed by atoms with Crippen molar-refractivity contribution in [3.63, 3.8) is 0 Å². The zero-order valence-electron chi connectivity index (χ0n) is 28.1. The summed E-state index contributed by atoms with van der Waals surface area (Å²) in [6, 6.07) is 62.3. The van der Waals surface area contributed by atoms with Crippen LogP contribution >= 0.6 is 0 Å². The van der Waals surface area contributed by atoms with Crippen molar-refractivity contribution in [2.24, 2.45) is 0 Å². The average Bonchev–Trinajstić information content (AvgIpc) is 3.18. The number of hydrogen-bond acceptors (Lipinski definition) is 3. The standard InChI is InChI=1S/C47H35N3/c1-32-14-12-21-37(26-32)39-24-25-44(40-23-13-22-38(27-40)34-15-6-3-7-16-34)45(31-39)42-28-41(35-17-8-4-9-18-35)29-43(30-42)47-49-33(2)48-46(50-47)36-19-10-5-11-20-36/h3-31H,1-2H3. The zero-order chi connectivity index (χ0) is 33.9. The number of nitrogens with zero attached hydrogens (tertiary/aromatic N) is 3. The summed E-state index contributed by atoms with van der Waals surface area (Å²) in [6.07, 6.45) is 0. The highest BCUT2D eigenvalue weighted by Gasteiger charge is 2.16. The van der Waals surface area contributed by atoms with Crippen molar-refractivity contribution in [1.29, 1.82) is 0 Å². The molecule has 0 saturated carbocycles. The maximum Gasteiger partial charge on any atom is 0.163 e. The summed E-state index contributed by atoms with van der Waals surface area (Å²) in [4.78, 5) is 14.6. The minimum Gasteiger partial charge on any atom is -0.213 e. The van der Waals surface area contributed by atoms with Crippen LogP contribution in [0.15, 0.2) is 176 Å². The van der Waals surface area contributed by atoms with Crippen LogP contribution in [-0.2, 0) is 0 Å². The highest BCUT2D eigenvalue weighted by Crippen LogP contribution is 2.40. The first-order chi connectivity index (χ1) is 24.6. The molecule has 0 bridgehead atoms. The topological polar surface area (TPSA) is 38.7 Å². The Hall–Kier alpha value is -6.45. The number of benzene rings is 7. The van der Waals surface area contributed by atoms with Crippen LogP contribution in [0.2, 0.25) is 0 Å². The summed E-state index contributed by atoms with van der Waals surface area (Å²) in [5.74, 6) is 2.00. The van der Waals surface area contributed by atoms with Crippen molar-refractivity contribution in [1.82, 2.24) is 15.0 Å². The van der Waals surface area contributed by atoms with E-state index in [0.29, 0.717) is 17.5 Å². The molecule has 0 radical (unpaired) electrons. The summed E-state index contributed by atoms with van der Waals surface area (Å²) in [5.41, 5.74) is 14.7. The second-order valence-electron chi connectivity index (χ2n) is 12.6. The number of hydrogen-bond donors (Lipinski definition) is 0. The van der Waals surface area contributed by atoms with E-state index in [1.165, 1.54) is 27.8 Å². The fourth-order valence-corrected chi connectivity index (χ4v) is 6.57. The Morgan fingerprint density at radius 3 is 1.44 bits per heavy atom. The van der Waals surface area contributed by atoms with Crippen molar-refractivity contribution in [3.05, 3.63) is 187 Å². The normalized spacial score (nSPS) is 11.0. The summed E-state index contributed by atoms with van der Waals surface area (Å²) < 4.78 is 0. The van der Waals surface area contributed by atoms with E-state index in [4.69, 9.17) is 15.0 Å². The van der Waals surface area contributed by atoms with E-state index in [0.717, 1.165) is 44.5 Å². The van der Waals surface area contributed by atoms with E-state index in [-0.39, 0.29) is 0 Å². The van der Waals surface area contributed by atoms with Crippen LogP contribution in [0.3, 0.4) is 0 Å². The highest BCUT2D eigenvalue weighted by molar-refractivity contribution is 5.91. The maximum absolute atomic E-state index is 5.02. The Morgan fingerprint density at radius 1 is 0.280 bits per heavy atom. The lowest BCUT2D eigenvalue weighted by molar-refractivity contribution is 0.992. The lowest BCUT2D eigenvalue weighted by Gasteiger charge is -2.17. The van der Waals surface area contributed by atoms with Crippen LogP contribution in [0.1, 0.15) is 11.4 Å². The Kier molecular flexibility index (Phi) is 8.38. The molecule has 0 amide bonds. The van der Waals surface area contributed by atoms with Crippen LogP contribution in [0.4, 0.5) is 0 Å². The molecule has 0 spiro atoms. The van der Waals surface area contributed by atoms with Crippen LogP contribution in [0.5, 0.6) is 0 Å². The first-order valence-electron chi connectivity index (χ1n) is 16.9. The second kappa shape index (κ2) is 13.6. The van der Waals surface area contributed by atoms with E-state index in [1.807, 2.05) is 37.3 Å². The molecule has 50 heavy (non-hydrogen) atoms. The van der Waals surface area contributed by atoms with Gasteiger partial charge in [-0.2, -0.15) is 0 Å². The molecule has 0 aliphatic heterocycles. The van der Waals surface area contributed by atoms with E-state index >= 15 is 0 Å². The van der Waals surface area contributed by atoms with Gasteiger partial charge < -0.3 is 0 Å². The molecule has 0 unspecified atom stereocenters. The van der Waals surface area contributed by atoms with E-state index in [2.05, 4.69) is 153 Å². The molecule has 0 N–H and O–H groups in total. The van der Waals surface area contributed by atoms with Gasteiger partial charge in [-0.15, -0.1) is 0 Å². The fourth-order valence-electron chi connectivity index (χ4n) is 6.57. The Morgan fingerprint density at radius 2 is 0.760 bits per heavy atom. The van der Waals surface area contributed by atoms with Gasteiger partial charge in [-0.25, -0.2) is 15.0 Å². The minimum atomic E-state index is 0.651. The predicted octanol–water partition coefficient (Wildman–Crippen LogP) is 12.2. The molecule has 8 aromatic rings. The fraction of sp³-hybridized carbons (Fsp3) is 0.0426. The van der Waals surface area contributed by atoms with Crippen LogP contribution < -0.4 is 0 Å². The third kappa shape index (κ3) is 6.50.